The first-order valence-corrected chi connectivity index (χ1v) is 16.8. The highest BCUT2D eigenvalue weighted by Crippen LogP contribution is 2.53. The van der Waals surface area contributed by atoms with Crippen LogP contribution in [-0.2, 0) is 28.8 Å². The Morgan fingerprint density at radius 3 is 2.48 bits per heavy atom. The number of ketones is 3. The molecule has 3 aliphatic rings. The number of nitrogens with one attached hydrogen (secondary N) is 1. The molecule has 3 aliphatic heterocycles. The van der Waals surface area contributed by atoms with Gasteiger partial charge in [-0.1, -0.05) is 28.5 Å². The molecule has 3 atom stereocenters. The second-order valence-electron chi connectivity index (χ2n) is 12.0. The minimum atomic E-state index is -2.02. The Morgan fingerprint density at radius 1 is 1.20 bits per heavy atom. The number of oxime groups is 1. The van der Waals surface area contributed by atoms with Crippen LogP contribution in [0.5, 0.6) is 11.5 Å². The highest BCUT2D eigenvalue weighted by atomic mass is 35.5. The number of nitrogens with zero attached hydrogens (tertiary/aromatic N) is 5. The fourth-order valence-corrected chi connectivity index (χ4v) is 7.96. The zero-order valence-electron chi connectivity index (χ0n) is 26.8. The Hall–Kier alpha value is -4.95. The van der Waals surface area contributed by atoms with Crippen molar-refractivity contribution in [3.63, 3.8) is 0 Å². The Kier molecular flexibility index (Phi) is 9.49. The average molecular weight is 752 g/mol. The van der Waals surface area contributed by atoms with Crippen molar-refractivity contribution in [3.8, 4) is 11.5 Å². The highest BCUT2D eigenvalue weighted by molar-refractivity contribution is 8.02. The third-order valence-corrected chi connectivity index (χ3v) is 11.4. The van der Waals surface area contributed by atoms with E-state index in [1.54, 1.807) is 6.92 Å². The molecule has 1 aromatic carbocycles. The van der Waals surface area contributed by atoms with E-state index in [9.17, 15) is 48.9 Å². The van der Waals surface area contributed by atoms with E-state index in [0.717, 1.165) is 45.1 Å². The minimum absolute atomic E-state index is 0.104. The summed E-state index contributed by atoms with van der Waals surface area (Å²) in [6, 6.07) is 0.951. The summed E-state index contributed by atoms with van der Waals surface area (Å²) < 4.78 is 0. The summed E-state index contributed by atoms with van der Waals surface area (Å²) >= 11 is 7.74. The third kappa shape index (κ3) is 6.17. The number of rotatable bonds is 12. The number of carbonyl (C=O) groups is 7. The smallest absolute Gasteiger partial charge is 0.342 e. The number of carboxylic acids is 1. The van der Waals surface area contributed by atoms with Gasteiger partial charge >= 0.3 is 17.9 Å². The summed E-state index contributed by atoms with van der Waals surface area (Å²) in [4.78, 5) is 101. The first-order valence-electron chi connectivity index (χ1n) is 14.7. The molecular formula is C29H30ClN7O11S2. The van der Waals surface area contributed by atoms with Gasteiger partial charge in [-0.25, -0.2) is 19.6 Å². The number of carbonyl (C=O) groups excluding carboxylic acids is 6. The zero-order chi connectivity index (χ0) is 37.0. The molecule has 21 heteroatoms. The Morgan fingerprint density at radius 2 is 1.88 bits per heavy atom. The summed E-state index contributed by atoms with van der Waals surface area (Å²) in [7, 11) is 0. The van der Waals surface area contributed by atoms with Crippen LogP contribution in [-0.4, -0.2) is 117 Å². The Balaban J connectivity index is 1.32. The van der Waals surface area contributed by atoms with Gasteiger partial charge in [0.25, 0.3) is 5.78 Å². The first kappa shape index (κ1) is 36.3. The van der Waals surface area contributed by atoms with E-state index in [2.05, 4.69) is 15.6 Å². The van der Waals surface area contributed by atoms with E-state index < -0.39 is 92.2 Å². The van der Waals surface area contributed by atoms with Gasteiger partial charge in [-0.05, 0) is 39.8 Å². The Labute approximate surface area is 296 Å². The van der Waals surface area contributed by atoms with Gasteiger partial charge in [0.2, 0.25) is 10.8 Å². The van der Waals surface area contributed by atoms with E-state index in [1.165, 1.54) is 25.7 Å². The molecule has 2 aromatic rings. The van der Waals surface area contributed by atoms with Crippen molar-refractivity contribution in [2.75, 3.05) is 25.4 Å². The number of fused-ring (bicyclic) bond motifs is 1. The zero-order valence-corrected chi connectivity index (χ0v) is 29.1. The normalized spacial score (nSPS) is 21.9. The van der Waals surface area contributed by atoms with Crippen LogP contribution >= 0.6 is 34.7 Å². The van der Waals surface area contributed by atoms with Crippen LogP contribution in [0.4, 0.5) is 9.93 Å². The molecule has 0 saturated carbocycles. The van der Waals surface area contributed by atoms with E-state index >= 15 is 0 Å². The maximum absolute atomic E-state index is 13.7. The molecule has 4 amide bonds. The van der Waals surface area contributed by atoms with Gasteiger partial charge in [0.05, 0.1) is 35.0 Å². The number of nitrogens with two attached hydrogens (primary N) is 1. The second kappa shape index (κ2) is 13.1. The van der Waals surface area contributed by atoms with Crippen molar-refractivity contribution in [2.24, 2.45) is 11.1 Å². The predicted molar refractivity (Wildman–Crippen MR) is 176 cm³/mol. The number of anilines is 1. The molecule has 1 aromatic heterocycles. The number of urea groups is 1. The third-order valence-electron chi connectivity index (χ3n) is 8.43. The van der Waals surface area contributed by atoms with Gasteiger partial charge in [0, 0.05) is 17.8 Å². The average Bonchev–Trinajstić information content (AvgIpc) is 3.71. The number of benzene rings is 1. The van der Waals surface area contributed by atoms with Crippen molar-refractivity contribution in [1.82, 2.24) is 25.2 Å². The van der Waals surface area contributed by atoms with Crippen molar-refractivity contribution in [3.05, 3.63) is 33.3 Å². The number of hydrazine groups is 1. The number of hydrogen-bond acceptors (Lipinski definition) is 15. The van der Waals surface area contributed by atoms with Gasteiger partial charge in [-0.15, -0.1) is 11.3 Å². The lowest BCUT2D eigenvalue weighted by Gasteiger charge is -2.40. The number of aliphatic carboxylic acids is 1. The molecule has 0 radical (unpaired) electrons. The van der Waals surface area contributed by atoms with Crippen LogP contribution in [0.1, 0.15) is 48.1 Å². The van der Waals surface area contributed by atoms with Gasteiger partial charge in [-0.2, -0.15) is 0 Å². The summed E-state index contributed by atoms with van der Waals surface area (Å²) in [5.41, 5.74) is 5.91. The molecule has 50 heavy (non-hydrogen) atoms. The van der Waals surface area contributed by atoms with E-state index in [1.807, 2.05) is 0 Å². The molecule has 4 heterocycles. The van der Waals surface area contributed by atoms with Crippen LogP contribution < -0.4 is 11.2 Å². The number of thioether (sulfide) groups is 1. The molecule has 266 valence electrons. The number of carboxylic acid groups (broad SMARTS) is 1. The number of aromatic hydroxyl groups is 2. The standard InChI is InChI=1S/C29H30ClN7O11S2/c1-11-18(32-26(31)49-11)19(34-48-28(3,4)12(2)38)16(40)9-14-23(44)35-10-29(25(45)46,50-24(14)35)36-7-8-37(27(36)47)33-22(43)20(41)13-5-6-15(39)21(42)17(13)30/h5-6,14,24,39,42H,7-10H2,1-4H3,(H2,31,32)(H,33,43)(H,45,46)/b34-19+/t14-,24-,29-/m1/s1. The SMILES string of the molecule is CC(=O)C(C)(C)O/N=C(\C(=O)C[C@@H]1C(=O)N2C[C@@](C(=O)O)(N3CCN(NC(=O)C(=O)c4ccc(O)c(O)c4Cl)C3=O)S[C@H]12)c1nc(N)sc1C. The largest absolute Gasteiger partial charge is 0.504 e. The number of halogens is 1. The van der Waals surface area contributed by atoms with Gasteiger partial charge < -0.3 is 30.8 Å². The topological polar surface area (TPSA) is 262 Å². The molecular weight excluding hydrogens is 722 g/mol. The number of thiazole rings is 1. The number of phenols is 2. The van der Waals surface area contributed by atoms with Crippen LogP contribution in [0.3, 0.4) is 0 Å². The number of aromatic nitrogens is 1. The van der Waals surface area contributed by atoms with Gasteiger partial charge in [0.15, 0.2) is 39.5 Å². The first-order chi connectivity index (χ1) is 23.3. The number of amides is 4. The lowest BCUT2D eigenvalue weighted by atomic mass is 9.90. The summed E-state index contributed by atoms with van der Waals surface area (Å²) in [5.74, 6) is -8.13. The number of aryl methyl sites for hydroxylation is 1. The number of β-lactam (4-membered cyclic amide) rings is 1. The maximum atomic E-state index is 13.7. The van der Waals surface area contributed by atoms with E-state index in [-0.39, 0.29) is 35.4 Å². The highest BCUT2D eigenvalue weighted by Gasteiger charge is 2.66. The molecule has 18 nitrogen and oxygen atoms in total. The summed E-state index contributed by atoms with van der Waals surface area (Å²) in [5, 5.41) is 33.1. The Bertz CT molecular complexity index is 1900. The fourth-order valence-electron chi connectivity index (χ4n) is 5.33. The van der Waals surface area contributed by atoms with Crippen molar-refractivity contribution >= 4 is 86.7 Å². The van der Waals surface area contributed by atoms with Crippen LogP contribution in [0, 0.1) is 12.8 Å². The van der Waals surface area contributed by atoms with Crippen LogP contribution in [0.25, 0.3) is 0 Å². The maximum Gasteiger partial charge on any atom is 0.342 e. The van der Waals surface area contributed by atoms with Crippen molar-refractivity contribution in [1.29, 1.82) is 0 Å². The fraction of sp³-hybridized carbons (Fsp3) is 0.414. The van der Waals surface area contributed by atoms with E-state index in [0.29, 0.717) is 4.88 Å². The molecule has 3 saturated heterocycles. The number of Topliss-reactive ketones (excluding diaryl/α,β-unsaturated/α-hetero) is 3. The van der Waals surface area contributed by atoms with E-state index in [4.69, 9.17) is 22.2 Å². The molecule has 0 aliphatic carbocycles. The van der Waals surface area contributed by atoms with Gasteiger partial charge in [-0.3, -0.25) is 34.3 Å². The molecule has 0 unspecified atom stereocenters. The molecule has 0 spiro atoms. The lowest BCUT2D eigenvalue weighted by Crippen LogP contribution is -2.60. The summed E-state index contributed by atoms with van der Waals surface area (Å²) in [6.45, 7) is 4.94. The molecule has 5 rings (SSSR count). The van der Waals surface area contributed by atoms with Crippen LogP contribution in [0.15, 0.2) is 17.3 Å². The molecule has 0 bridgehead atoms. The predicted octanol–water partition coefficient (Wildman–Crippen LogP) is 1.11. The molecule has 3 fully saturated rings. The lowest BCUT2D eigenvalue weighted by molar-refractivity contribution is -0.154. The molecule has 6 N–H and O–H groups in total. The summed E-state index contributed by atoms with van der Waals surface area (Å²) in [6.07, 6.45) is -0.435. The number of hydrogen-bond donors (Lipinski definition) is 5. The number of nitrogen functional groups attached to an aromatic ring is 1. The quantitative estimate of drug-likeness (QED) is 0.0508. The van der Waals surface area contributed by atoms with Crippen molar-refractivity contribution in [2.45, 2.75) is 50.0 Å². The minimum Gasteiger partial charge on any atom is -0.504 e. The monoisotopic (exact) mass is 751 g/mol. The second-order valence-corrected chi connectivity index (χ2v) is 15.0. The van der Waals surface area contributed by atoms with Gasteiger partial charge in [0.1, 0.15) is 5.69 Å². The van der Waals surface area contributed by atoms with Crippen molar-refractivity contribution < 1.29 is 53.7 Å². The van der Waals surface area contributed by atoms with Crippen LogP contribution in [0.2, 0.25) is 5.02 Å². The number of phenolic OH excluding ortho intramolecular Hbond substituents is 2.